The molecule has 2 aromatic carbocycles. The molecule has 2 aromatic rings. The van der Waals surface area contributed by atoms with E-state index in [9.17, 15) is 0 Å². The van der Waals surface area contributed by atoms with E-state index in [-0.39, 0.29) is 0 Å². The quantitative estimate of drug-likeness (QED) is 0.390. The molecule has 0 saturated carbocycles. The van der Waals surface area contributed by atoms with Crippen molar-refractivity contribution in [3.05, 3.63) is 54.6 Å². The Kier molecular flexibility index (Phi) is 7.70. The van der Waals surface area contributed by atoms with Gasteiger partial charge in [0, 0.05) is 18.7 Å². The highest BCUT2D eigenvalue weighted by Crippen LogP contribution is 2.19. The first-order chi connectivity index (χ1) is 13.3. The lowest BCUT2D eigenvalue weighted by Crippen LogP contribution is -3.14. The number of benzene rings is 2. The Bertz CT molecular complexity index is 730. The minimum absolute atomic E-state index is 0.644. The second-order valence-corrected chi connectivity index (χ2v) is 6.84. The molecule has 142 valence electrons. The first kappa shape index (κ1) is 19.4. The molecule has 0 aliphatic carbocycles. The summed E-state index contributed by atoms with van der Waals surface area (Å²) in [6.45, 7) is 6.00. The Morgan fingerprint density at radius 3 is 2.33 bits per heavy atom. The number of hydrogen-bond acceptors (Lipinski definition) is 4. The number of nitrogens with one attached hydrogen (secondary N) is 3. The Balaban J connectivity index is 1.37. The van der Waals surface area contributed by atoms with Crippen LogP contribution < -0.4 is 15.5 Å². The fourth-order valence-electron chi connectivity index (χ4n) is 2.85. The van der Waals surface area contributed by atoms with Crippen molar-refractivity contribution in [2.75, 3.05) is 44.7 Å². The van der Waals surface area contributed by atoms with E-state index in [0.29, 0.717) is 5.11 Å². The molecule has 1 heterocycles. The zero-order chi connectivity index (χ0) is 18.7. The molecule has 0 atom stereocenters. The number of hydrogen-bond donors (Lipinski definition) is 3. The van der Waals surface area contributed by atoms with Crippen LogP contribution in [0.25, 0.3) is 0 Å². The zero-order valence-electron chi connectivity index (χ0n) is 15.4. The van der Waals surface area contributed by atoms with Crippen LogP contribution in [-0.2, 0) is 4.74 Å². The predicted molar refractivity (Wildman–Crippen MR) is 112 cm³/mol. The fraction of sp³-hybridized carbons (Fsp3) is 0.350. The number of quaternary nitrogens is 1. The fourth-order valence-corrected chi connectivity index (χ4v) is 3.07. The predicted octanol–water partition coefficient (Wildman–Crippen LogP) is 2.69. The summed E-state index contributed by atoms with van der Waals surface area (Å²) in [5.41, 5.74) is 2.57. The molecule has 0 bridgehead atoms. The summed E-state index contributed by atoms with van der Waals surface area (Å²) in [4.78, 5) is 1.61. The van der Waals surface area contributed by atoms with Crippen molar-refractivity contribution in [2.24, 2.45) is 10.2 Å². The minimum atomic E-state index is 0.644. The third-order valence-electron chi connectivity index (χ3n) is 4.35. The number of morpholine rings is 1. The number of nitrogens with zero attached hydrogens (tertiary/aromatic N) is 2. The highest BCUT2D eigenvalue weighted by molar-refractivity contribution is 7.80. The lowest BCUT2D eigenvalue weighted by atomic mass is 10.3. The molecule has 6 nitrogen and oxygen atoms in total. The van der Waals surface area contributed by atoms with E-state index in [1.807, 2.05) is 54.6 Å². The standard InChI is InChI=1S/C20H25N5OS/c27-20(21-11-4-12-25-13-15-26-16-14-25)22-17-7-9-19(10-8-17)24-23-18-5-2-1-3-6-18/h1-3,5-10H,4,11-16H2,(H2,21,22,27)/p+1. The van der Waals surface area contributed by atoms with Crippen molar-refractivity contribution in [2.45, 2.75) is 6.42 Å². The van der Waals surface area contributed by atoms with E-state index in [0.717, 1.165) is 62.9 Å². The number of azo groups is 1. The van der Waals surface area contributed by atoms with Gasteiger partial charge >= 0.3 is 0 Å². The van der Waals surface area contributed by atoms with Crippen molar-refractivity contribution in [1.29, 1.82) is 0 Å². The molecule has 0 unspecified atom stereocenters. The van der Waals surface area contributed by atoms with E-state index in [2.05, 4.69) is 20.9 Å². The van der Waals surface area contributed by atoms with Gasteiger partial charge in [0.1, 0.15) is 13.1 Å². The van der Waals surface area contributed by atoms with Crippen LogP contribution in [0, 0.1) is 0 Å². The van der Waals surface area contributed by atoms with Crippen molar-refractivity contribution < 1.29 is 9.64 Å². The molecule has 1 fully saturated rings. The summed E-state index contributed by atoms with van der Waals surface area (Å²) in [5.74, 6) is 0. The van der Waals surface area contributed by atoms with Crippen molar-refractivity contribution in [3.63, 3.8) is 0 Å². The van der Waals surface area contributed by atoms with Gasteiger partial charge in [-0.2, -0.15) is 10.2 Å². The van der Waals surface area contributed by atoms with E-state index in [4.69, 9.17) is 17.0 Å². The minimum Gasteiger partial charge on any atom is -0.370 e. The Hall–Kier alpha value is -2.35. The zero-order valence-corrected chi connectivity index (χ0v) is 16.2. The normalized spacial score (nSPS) is 15.0. The van der Waals surface area contributed by atoms with E-state index < -0.39 is 0 Å². The molecule has 1 aliphatic heterocycles. The highest BCUT2D eigenvalue weighted by Gasteiger charge is 2.12. The van der Waals surface area contributed by atoms with Crippen LogP contribution >= 0.6 is 12.2 Å². The maximum atomic E-state index is 5.38. The number of rotatable bonds is 7. The molecule has 0 spiro atoms. The highest BCUT2D eigenvalue weighted by atomic mass is 32.1. The molecule has 27 heavy (non-hydrogen) atoms. The first-order valence-corrected chi connectivity index (χ1v) is 9.73. The molecule has 0 amide bonds. The van der Waals surface area contributed by atoms with Crippen LogP contribution in [0.1, 0.15) is 6.42 Å². The van der Waals surface area contributed by atoms with Crippen molar-refractivity contribution in [3.8, 4) is 0 Å². The van der Waals surface area contributed by atoms with Crippen LogP contribution in [-0.4, -0.2) is 44.5 Å². The molecule has 3 rings (SSSR count). The molecular formula is C20H26N5OS+. The summed E-state index contributed by atoms with van der Waals surface area (Å²) in [5, 5.41) is 15.6. The van der Waals surface area contributed by atoms with Gasteiger partial charge in [-0.05, 0) is 48.6 Å². The van der Waals surface area contributed by atoms with Gasteiger partial charge in [0.05, 0.1) is 31.1 Å². The first-order valence-electron chi connectivity index (χ1n) is 9.32. The van der Waals surface area contributed by atoms with Gasteiger partial charge in [-0.25, -0.2) is 0 Å². The third kappa shape index (κ3) is 7.05. The number of thiocarbonyl (C=S) groups is 1. The van der Waals surface area contributed by atoms with Gasteiger partial charge in [0.25, 0.3) is 0 Å². The summed E-state index contributed by atoms with van der Waals surface area (Å²) in [6, 6.07) is 17.4. The van der Waals surface area contributed by atoms with E-state index >= 15 is 0 Å². The smallest absolute Gasteiger partial charge is 0.170 e. The second-order valence-electron chi connectivity index (χ2n) is 6.43. The van der Waals surface area contributed by atoms with Gasteiger partial charge in [-0.15, -0.1) is 0 Å². The summed E-state index contributed by atoms with van der Waals surface area (Å²) in [6.07, 6.45) is 1.09. The SMILES string of the molecule is S=C(NCCC[NH+]1CCOCC1)Nc1ccc(N=Nc2ccccc2)cc1. The van der Waals surface area contributed by atoms with Crippen molar-refractivity contribution in [1.82, 2.24) is 5.32 Å². The summed E-state index contributed by atoms with van der Waals surface area (Å²) < 4.78 is 5.38. The lowest BCUT2D eigenvalue weighted by molar-refractivity contribution is -0.908. The molecule has 3 N–H and O–H groups in total. The Morgan fingerprint density at radius 1 is 0.963 bits per heavy atom. The molecule has 1 saturated heterocycles. The van der Waals surface area contributed by atoms with Gasteiger partial charge in [0.2, 0.25) is 0 Å². The monoisotopic (exact) mass is 384 g/mol. The number of anilines is 1. The van der Waals surface area contributed by atoms with E-state index in [1.54, 1.807) is 4.90 Å². The molecule has 7 heteroatoms. The lowest BCUT2D eigenvalue weighted by Gasteiger charge is -2.23. The van der Waals surface area contributed by atoms with Gasteiger partial charge in [0.15, 0.2) is 5.11 Å². The molecular weight excluding hydrogens is 358 g/mol. The Morgan fingerprint density at radius 2 is 1.63 bits per heavy atom. The van der Waals surface area contributed by atoms with Gasteiger partial charge < -0.3 is 20.3 Å². The topological polar surface area (TPSA) is 62.4 Å². The molecule has 0 radical (unpaired) electrons. The van der Waals surface area contributed by atoms with Crippen LogP contribution in [0.3, 0.4) is 0 Å². The Labute approximate surface area is 165 Å². The van der Waals surface area contributed by atoms with Crippen LogP contribution in [0.5, 0.6) is 0 Å². The second kappa shape index (κ2) is 10.7. The molecule has 1 aliphatic rings. The average molecular weight is 385 g/mol. The summed E-state index contributed by atoms with van der Waals surface area (Å²) in [7, 11) is 0. The van der Waals surface area contributed by atoms with E-state index in [1.165, 1.54) is 0 Å². The van der Waals surface area contributed by atoms with Crippen molar-refractivity contribution >= 4 is 34.4 Å². The number of ether oxygens (including phenoxy) is 1. The van der Waals surface area contributed by atoms with Gasteiger partial charge in [-0.3, -0.25) is 0 Å². The van der Waals surface area contributed by atoms with Crippen LogP contribution in [0.4, 0.5) is 17.1 Å². The third-order valence-corrected chi connectivity index (χ3v) is 4.60. The van der Waals surface area contributed by atoms with Crippen LogP contribution in [0.15, 0.2) is 64.8 Å². The molecule has 0 aromatic heterocycles. The largest absolute Gasteiger partial charge is 0.370 e. The maximum Gasteiger partial charge on any atom is 0.170 e. The van der Waals surface area contributed by atoms with Gasteiger partial charge in [-0.1, -0.05) is 18.2 Å². The maximum absolute atomic E-state index is 5.38. The summed E-state index contributed by atoms with van der Waals surface area (Å²) >= 11 is 5.36. The average Bonchev–Trinajstić information content (AvgIpc) is 2.72. The van der Waals surface area contributed by atoms with Crippen LogP contribution in [0.2, 0.25) is 0 Å².